The van der Waals surface area contributed by atoms with Crippen LogP contribution in [0, 0.1) is 62.1 Å². The lowest BCUT2D eigenvalue weighted by Crippen LogP contribution is -2.34. The number of unbranched alkanes of at least 4 members (excludes halogenated alkanes) is 9. The predicted octanol–water partition coefficient (Wildman–Crippen LogP) is 21.5. The SMILES string of the molecule is CCC(C)(C)C(=O)O.CCC(C)(C)C(=O)OCCOC(=O)C1CCCCC1C(=O)O.CCC(C)(C)C(=O)OCCOC(=O)c1ccccc1C(=O)O.CCCCC(CC)COC(=O)CCCCCOC(=O)NCCOC(=O)C(C)(C)CC.CCCCC(CC)COC(=O)CCCCCOC(=O)NCCOC(=O)C(C)(C)CC.CCCCC(CC)COC(=O)CCCCCOC(=O)NCCOC(=O)C(C)(C)CC. The summed E-state index contributed by atoms with van der Waals surface area (Å²) in [7, 11) is 0. The van der Waals surface area contributed by atoms with Gasteiger partial charge < -0.3 is 92.8 Å². The van der Waals surface area contributed by atoms with Gasteiger partial charge in [-0.3, -0.25) is 52.7 Å². The fraction of sp³-hybridized carbons (Fsp3) is 0.794. The van der Waals surface area contributed by atoms with Crippen LogP contribution < -0.4 is 16.0 Å². The van der Waals surface area contributed by atoms with E-state index in [-0.39, 0.29) is 125 Å². The second kappa shape index (κ2) is 81.4. The van der Waals surface area contributed by atoms with Gasteiger partial charge in [-0.2, -0.15) is 0 Å². The number of nitrogens with one attached hydrogen (secondary N) is 3. The number of aromatic carboxylic acids is 1. The van der Waals surface area contributed by atoms with Crippen LogP contribution in [0.2, 0.25) is 0 Å². The topological polar surface area (TPSA) is 490 Å². The van der Waals surface area contributed by atoms with Crippen molar-refractivity contribution in [2.75, 3.05) is 106 Å². The Morgan fingerprint density at radius 2 is 0.585 bits per heavy atom. The van der Waals surface area contributed by atoms with Crippen molar-refractivity contribution in [1.82, 2.24) is 16.0 Å². The summed E-state index contributed by atoms with van der Waals surface area (Å²) >= 11 is 0. The second-order valence-electron chi connectivity index (χ2n) is 39.3. The minimum Gasteiger partial charge on any atom is -0.481 e. The van der Waals surface area contributed by atoms with Crippen LogP contribution in [0.4, 0.5) is 14.4 Å². The zero-order chi connectivity index (χ0) is 109. The van der Waals surface area contributed by atoms with Gasteiger partial charge in [0.25, 0.3) is 0 Å². The molecule has 6 N–H and O–H groups in total. The predicted molar refractivity (Wildman–Crippen MR) is 541 cm³/mol. The first kappa shape index (κ1) is 138. The standard InChI is InChI=1S/3C23H43NO6.C16H26O6.C16H20O6.C6H12O2/c3*1-6-9-13-19(7-2)18-30-20(25)14-11-10-12-16-29-22(27)24-15-17-28-21(26)23(4,5)8-3;2*1-4-16(2,3)15(20)22-10-9-21-14(19)12-8-6-5-7-11(12)13(17)18;1-4-6(2,3)5(7)8/h3*19H,6-18H2,1-5H3,(H,24,27);11-12H,4-10H2,1-3H3,(H,17,18);5-8H,4,9-10H2,1-3H3,(H,17,18);4H2,1-3H3,(H,7,8). The molecule has 0 spiro atoms. The Morgan fingerprint density at radius 3 is 0.845 bits per heavy atom. The average molecular weight is 2030 g/mol. The summed E-state index contributed by atoms with van der Waals surface area (Å²) < 4.78 is 66.8. The van der Waals surface area contributed by atoms with Crippen LogP contribution in [0.3, 0.4) is 0 Å². The molecule has 0 saturated heterocycles. The monoisotopic (exact) mass is 2030 g/mol. The van der Waals surface area contributed by atoms with Gasteiger partial charge in [-0.15, -0.1) is 0 Å². The normalized spacial score (nSPS) is 13.4. The zero-order valence-electron chi connectivity index (χ0n) is 91.2. The van der Waals surface area contributed by atoms with E-state index in [1.54, 1.807) is 47.6 Å². The molecular formula is C107H187N3O32. The second-order valence-corrected chi connectivity index (χ2v) is 39.3. The first-order valence-corrected chi connectivity index (χ1v) is 52.0. The number of esters is 10. The van der Waals surface area contributed by atoms with Crippen LogP contribution in [0.15, 0.2) is 24.3 Å². The largest absolute Gasteiger partial charge is 0.481 e. The van der Waals surface area contributed by atoms with E-state index < -0.39 is 92.5 Å². The molecule has 1 saturated carbocycles. The van der Waals surface area contributed by atoms with Crippen LogP contribution in [-0.4, -0.2) is 217 Å². The molecule has 1 aromatic carbocycles. The Kier molecular flexibility index (Phi) is 79.4. The molecule has 1 aromatic rings. The van der Waals surface area contributed by atoms with E-state index in [0.717, 1.165) is 109 Å². The van der Waals surface area contributed by atoms with E-state index in [1.807, 2.05) is 83.1 Å². The van der Waals surface area contributed by atoms with Crippen molar-refractivity contribution in [2.45, 2.75) is 384 Å². The number of carbonyl (C=O) groups is 16. The molecule has 3 amide bonds. The molecule has 142 heavy (non-hydrogen) atoms. The Morgan fingerprint density at radius 1 is 0.310 bits per heavy atom. The van der Waals surface area contributed by atoms with Gasteiger partial charge in [-0.05, 0) is 241 Å². The smallest absolute Gasteiger partial charge is 0.407 e. The van der Waals surface area contributed by atoms with Crippen LogP contribution >= 0.6 is 0 Å². The van der Waals surface area contributed by atoms with Gasteiger partial charge in [0.05, 0.1) is 115 Å². The Labute approximate surface area is 848 Å². The maximum Gasteiger partial charge on any atom is 0.407 e. The van der Waals surface area contributed by atoms with Crippen molar-refractivity contribution >= 4 is 95.9 Å². The van der Waals surface area contributed by atoms with Gasteiger partial charge in [0.2, 0.25) is 0 Å². The summed E-state index contributed by atoms with van der Waals surface area (Å²) in [4.78, 5) is 185. The third-order valence-corrected chi connectivity index (χ3v) is 25.2. The Hall–Kier alpha value is -9.86. The molecule has 5 atom stereocenters. The molecule has 0 bridgehead atoms. The highest BCUT2D eigenvalue weighted by molar-refractivity contribution is 6.02. The average Bonchev–Trinajstić information content (AvgIpc) is 0.849. The van der Waals surface area contributed by atoms with Gasteiger partial charge in [-0.25, -0.2) is 24.0 Å². The van der Waals surface area contributed by atoms with Crippen molar-refractivity contribution in [2.24, 2.45) is 62.1 Å². The quantitative estimate of drug-likeness (QED) is 0.0200. The summed E-state index contributed by atoms with van der Waals surface area (Å²) in [6.07, 6.45) is 26.4. The van der Waals surface area contributed by atoms with Gasteiger partial charge in [-0.1, -0.05) is 166 Å². The number of ether oxygens (including phenoxy) is 13. The maximum atomic E-state index is 12.0. The van der Waals surface area contributed by atoms with Gasteiger partial charge >= 0.3 is 95.9 Å². The van der Waals surface area contributed by atoms with Crippen LogP contribution in [0.5, 0.6) is 0 Å². The molecule has 2 rings (SSSR count). The number of carboxylic acid groups (broad SMARTS) is 3. The van der Waals surface area contributed by atoms with Gasteiger partial charge in [0.1, 0.15) is 46.2 Å². The lowest BCUT2D eigenvalue weighted by atomic mass is 9.79. The minimum absolute atomic E-state index is 0.00153. The number of carboxylic acids is 3. The molecule has 0 radical (unpaired) electrons. The molecule has 1 aliphatic rings. The molecule has 1 fully saturated rings. The van der Waals surface area contributed by atoms with Crippen LogP contribution in [-0.2, 0) is 114 Å². The van der Waals surface area contributed by atoms with Crippen molar-refractivity contribution in [1.29, 1.82) is 0 Å². The maximum absolute atomic E-state index is 12.0. The Bertz CT molecular complexity index is 3510. The molecular weight excluding hydrogens is 1840 g/mol. The third kappa shape index (κ3) is 69.2. The molecule has 1 aliphatic carbocycles. The third-order valence-electron chi connectivity index (χ3n) is 25.2. The summed E-state index contributed by atoms with van der Waals surface area (Å²) in [5.74, 6) is -5.96. The number of benzene rings is 1. The molecule has 35 nitrogen and oxygen atoms in total. The molecule has 35 heteroatoms. The number of rotatable bonds is 67. The van der Waals surface area contributed by atoms with Crippen molar-refractivity contribution in [3.8, 4) is 0 Å². The van der Waals surface area contributed by atoms with Gasteiger partial charge in [0.15, 0.2) is 0 Å². The van der Waals surface area contributed by atoms with E-state index in [1.165, 1.54) is 37.5 Å². The summed E-state index contributed by atoms with van der Waals surface area (Å²) in [5, 5.41) is 34.2. The molecule has 822 valence electrons. The highest BCUT2D eigenvalue weighted by atomic mass is 16.6. The number of alkyl carbamates (subject to hydrolysis) is 3. The first-order chi connectivity index (χ1) is 66.9. The Balaban J connectivity index is -0.000000825. The fourth-order valence-electron chi connectivity index (χ4n) is 11.9. The van der Waals surface area contributed by atoms with E-state index in [2.05, 4.69) is 57.5 Å². The number of amides is 3. The van der Waals surface area contributed by atoms with Crippen molar-refractivity contribution in [3.63, 3.8) is 0 Å². The number of hydrogen-bond donors (Lipinski definition) is 6. The molecule has 0 aromatic heterocycles. The highest BCUT2D eigenvalue weighted by Crippen LogP contribution is 2.32. The number of hydrogen-bond acceptors (Lipinski definition) is 29. The first-order valence-electron chi connectivity index (χ1n) is 52.0. The lowest BCUT2D eigenvalue weighted by molar-refractivity contribution is -0.164. The van der Waals surface area contributed by atoms with Crippen LogP contribution in [0.1, 0.15) is 405 Å². The molecule has 0 heterocycles. The fourth-order valence-corrected chi connectivity index (χ4v) is 11.9. The lowest BCUT2D eigenvalue weighted by Gasteiger charge is -2.26. The minimum atomic E-state index is -1.20. The summed E-state index contributed by atoms with van der Waals surface area (Å²) in [6.45, 7) is 49.0. The van der Waals surface area contributed by atoms with E-state index >= 15 is 0 Å². The highest BCUT2D eigenvalue weighted by Gasteiger charge is 2.38. The summed E-state index contributed by atoms with van der Waals surface area (Å²) in [5.41, 5.74) is -3.38. The molecule has 0 aliphatic heterocycles. The van der Waals surface area contributed by atoms with Gasteiger partial charge in [0, 0.05) is 19.3 Å². The van der Waals surface area contributed by atoms with E-state index in [9.17, 15) is 76.7 Å². The zero-order valence-corrected chi connectivity index (χ0v) is 91.2. The van der Waals surface area contributed by atoms with E-state index in [4.69, 9.17) is 76.9 Å². The summed E-state index contributed by atoms with van der Waals surface area (Å²) in [6, 6.07) is 5.77. The molecule has 5 unspecified atom stereocenters. The van der Waals surface area contributed by atoms with Crippen molar-refractivity contribution < 1.29 is 154 Å². The van der Waals surface area contributed by atoms with E-state index in [0.29, 0.717) is 147 Å². The van der Waals surface area contributed by atoms with Crippen molar-refractivity contribution in [3.05, 3.63) is 35.4 Å². The van der Waals surface area contributed by atoms with Crippen LogP contribution in [0.25, 0.3) is 0 Å². The number of carbonyl (C=O) groups excluding carboxylic acids is 13. The number of aliphatic carboxylic acids is 2.